The highest BCUT2D eigenvalue weighted by atomic mass is 19.1. The van der Waals surface area contributed by atoms with Gasteiger partial charge in [-0.25, -0.2) is 14.1 Å². The van der Waals surface area contributed by atoms with Crippen LogP contribution in [0.15, 0.2) is 73.6 Å². The summed E-state index contributed by atoms with van der Waals surface area (Å²) in [6, 6.07) is 13.4. The molecule has 0 radical (unpaired) electrons. The number of carbonyl (C=O) groups excluding carboxylic acids is 1. The van der Waals surface area contributed by atoms with Crippen LogP contribution in [0.3, 0.4) is 0 Å². The predicted molar refractivity (Wildman–Crippen MR) is 109 cm³/mol. The molecule has 0 saturated heterocycles. The van der Waals surface area contributed by atoms with Crippen molar-refractivity contribution in [1.82, 2.24) is 19.7 Å². The van der Waals surface area contributed by atoms with Crippen molar-refractivity contribution < 1.29 is 9.18 Å². The maximum atomic E-state index is 13.1. The molecule has 0 bridgehead atoms. The molecule has 0 spiro atoms. The van der Waals surface area contributed by atoms with Gasteiger partial charge in [-0.05, 0) is 48.0 Å². The first-order valence-electron chi connectivity index (χ1n) is 8.84. The van der Waals surface area contributed by atoms with Gasteiger partial charge in [-0.2, -0.15) is 10.1 Å². The molecule has 1 amide bonds. The van der Waals surface area contributed by atoms with Crippen LogP contribution in [-0.2, 0) is 11.3 Å². The molecule has 0 unspecified atom stereocenters. The van der Waals surface area contributed by atoms with E-state index in [0.717, 1.165) is 10.9 Å². The molecule has 0 aliphatic carbocycles. The number of hydrogen-bond donors (Lipinski definition) is 2. The third kappa shape index (κ3) is 4.27. The average molecular weight is 388 g/mol. The Morgan fingerprint density at radius 3 is 2.52 bits per heavy atom. The molecule has 4 rings (SSSR count). The monoisotopic (exact) mass is 388 g/mol. The van der Waals surface area contributed by atoms with E-state index in [1.165, 1.54) is 18.2 Å². The summed E-state index contributed by atoms with van der Waals surface area (Å²) in [5, 5.41) is 11.0. The average Bonchev–Trinajstić information content (AvgIpc) is 3.13. The maximum absolute atomic E-state index is 13.1. The van der Waals surface area contributed by atoms with E-state index in [0.29, 0.717) is 29.5 Å². The fraction of sp³-hybridized carbons (Fsp3) is 0.0476. The number of benzene rings is 2. The van der Waals surface area contributed by atoms with Crippen LogP contribution in [0.2, 0.25) is 0 Å². The van der Waals surface area contributed by atoms with Crippen LogP contribution in [0.4, 0.5) is 21.7 Å². The summed E-state index contributed by atoms with van der Waals surface area (Å²) in [7, 11) is 0. The molecule has 0 saturated carbocycles. The number of anilines is 3. The summed E-state index contributed by atoms with van der Waals surface area (Å²) in [5.74, 6) is -0.165. The van der Waals surface area contributed by atoms with Gasteiger partial charge < -0.3 is 10.6 Å². The van der Waals surface area contributed by atoms with E-state index in [4.69, 9.17) is 0 Å². The van der Waals surface area contributed by atoms with Crippen molar-refractivity contribution in [1.29, 1.82) is 0 Å². The van der Waals surface area contributed by atoms with E-state index in [1.807, 2.05) is 24.3 Å². The van der Waals surface area contributed by atoms with Gasteiger partial charge in [0.25, 0.3) is 0 Å². The van der Waals surface area contributed by atoms with Crippen molar-refractivity contribution in [2.24, 2.45) is 0 Å². The second-order valence-electron chi connectivity index (χ2n) is 6.30. The molecule has 4 aromatic rings. The fourth-order valence-corrected chi connectivity index (χ4v) is 2.76. The van der Waals surface area contributed by atoms with Gasteiger partial charge in [-0.15, -0.1) is 0 Å². The SMILES string of the molecule is C=CC(=O)Nc1ccc(Cn2ncc3cnc(Nc4ccc(F)cc4)nc32)cc1. The topological polar surface area (TPSA) is 84.7 Å². The fourth-order valence-electron chi connectivity index (χ4n) is 2.76. The van der Waals surface area contributed by atoms with Crippen LogP contribution in [0.5, 0.6) is 0 Å². The van der Waals surface area contributed by atoms with Crippen LogP contribution >= 0.6 is 0 Å². The van der Waals surface area contributed by atoms with E-state index in [-0.39, 0.29) is 11.7 Å². The van der Waals surface area contributed by atoms with E-state index < -0.39 is 0 Å². The Morgan fingerprint density at radius 2 is 1.79 bits per heavy atom. The van der Waals surface area contributed by atoms with Crippen LogP contribution in [0.1, 0.15) is 5.56 Å². The summed E-state index contributed by atoms with van der Waals surface area (Å²) < 4.78 is 14.8. The normalized spacial score (nSPS) is 10.7. The third-order valence-electron chi connectivity index (χ3n) is 4.22. The van der Waals surface area contributed by atoms with Crippen LogP contribution in [-0.4, -0.2) is 25.7 Å². The lowest BCUT2D eigenvalue weighted by Crippen LogP contribution is -2.07. The molecule has 2 aromatic carbocycles. The molecular formula is C21H17FN6O. The van der Waals surface area contributed by atoms with Crippen LogP contribution in [0.25, 0.3) is 11.0 Å². The smallest absolute Gasteiger partial charge is 0.247 e. The highest BCUT2D eigenvalue weighted by molar-refractivity contribution is 5.98. The van der Waals surface area contributed by atoms with Gasteiger partial charge in [0.2, 0.25) is 11.9 Å². The molecule has 2 aromatic heterocycles. The molecule has 0 aliphatic rings. The zero-order valence-electron chi connectivity index (χ0n) is 15.3. The summed E-state index contributed by atoms with van der Waals surface area (Å²) >= 11 is 0. The number of nitrogens with one attached hydrogen (secondary N) is 2. The summed E-state index contributed by atoms with van der Waals surface area (Å²) in [4.78, 5) is 20.2. The zero-order valence-corrected chi connectivity index (χ0v) is 15.3. The van der Waals surface area contributed by atoms with Gasteiger partial charge in [-0.3, -0.25) is 4.79 Å². The third-order valence-corrected chi connectivity index (χ3v) is 4.22. The van der Waals surface area contributed by atoms with Gasteiger partial charge in [-0.1, -0.05) is 18.7 Å². The minimum Gasteiger partial charge on any atom is -0.324 e. The van der Waals surface area contributed by atoms with Gasteiger partial charge >= 0.3 is 0 Å². The second-order valence-corrected chi connectivity index (χ2v) is 6.30. The van der Waals surface area contributed by atoms with Crippen LogP contribution in [0, 0.1) is 5.82 Å². The molecule has 2 N–H and O–H groups in total. The number of hydrogen-bond acceptors (Lipinski definition) is 5. The summed E-state index contributed by atoms with van der Waals surface area (Å²) in [5.41, 5.74) is 3.05. The number of halogens is 1. The van der Waals surface area contributed by atoms with E-state index in [9.17, 15) is 9.18 Å². The van der Waals surface area contributed by atoms with Gasteiger partial charge in [0, 0.05) is 17.6 Å². The Morgan fingerprint density at radius 1 is 1.07 bits per heavy atom. The standard InChI is InChI=1S/C21H17FN6O/c1-2-19(29)25-17-7-3-14(4-8-17)13-28-20-15(12-24-28)11-23-21(27-20)26-18-9-5-16(22)6-10-18/h2-12H,1,13H2,(H,25,29)(H,23,26,27). The summed E-state index contributed by atoms with van der Waals surface area (Å²) in [6.45, 7) is 3.94. The molecule has 8 heteroatoms. The molecule has 0 atom stereocenters. The second kappa shape index (κ2) is 7.89. The number of amides is 1. The Bertz CT molecular complexity index is 1170. The lowest BCUT2D eigenvalue weighted by Gasteiger charge is -2.07. The predicted octanol–water partition coefficient (Wildman–Crippen LogP) is 3.88. The lowest BCUT2D eigenvalue weighted by molar-refractivity contribution is -0.111. The number of rotatable bonds is 6. The van der Waals surface area contributed by atoms with Gasteiger partial charge in [0.05, 0.1) is 18.1 Å². The number of nitrogens with zero attached hydrogens (tertiary/aromatic N) is 4. The quantitative estimate of drug-likeness (QED) is 0.490. The van der Waals surface area contributed by atoms with Crippen molar-refractivity contribution in [3.8, 4) is 0 Å². The van der Waals surface area contributed by atoms with Crippen molar-refractivity contribution in [2.45, 2.75) is 6.54 Å². The van der Waals surface area contributed by atoms with Crippen molar-refractivity contribution in [2.75, 3.05) is 10.6 Å². The molecule has 0 fully saturated rings. The minimum absolute atomic E-state index is 0.256. The first-order chi connectivity index (χ1) is 14.1. The number of aromatic nitrogens is 4. The van der Waals surface area contributed by atoms with E-state index in [1.54, 1.807) is 29.2 Å². The highest BCUT2D eigenvalue weighted by Crippen LogP contribution is 2.18. The lowest BCUT2D eigenvalue weighted by atomic mass is 10.2. The molecule has 2 heterocycles. The van der Waals surface area contributed by atoms with Crippen molar-refractivity contribution in [3.63, 3.8) is 0 Å². The Kier molecular flexibility index (Phi) is 4.98. The molecule has 0 aliphatic heterocycles. The van der Waals surface area contributed by atoms with Crippen molar-refractivity contribution >= 4 is 34.3 Å². The van der Waals surface area contributed by atoms with Crippen LogP contribution < -0.4 is 10.6 Å². The maximum Gasteiger partial charge on any atom is 0.247 e. The Labute approximate surface area is 165 Å². The van der Waals surface area contributed by atoms with E-state index in [2.05, 4.69) is 32.3 Å². The summed E-state index contributed by atoms with van der Waals surface area (Å²) in [6.07, 6.45) is 4.61. The molecule has 144 valence electrons. The first kappa shape index (κ1) is 18.3. The largest absolute Gasteiger partial charge is 0.324 e. The minimum atomic E-state index is -0.305. The van der Waals surface area contributed by atoms with Crippen molar-refractivity contribution in [3.05, 3.63) is 85.0 Å². The molecule has 29 heavy (non-hydrogen) atoms. The molecular weight excluding hydrogens is 371 g/mol. The zero-order chi connectivity index (χ0) is 20.2. The Balaban J connectivity index is 1.53. The van der Waals surface area contributed by atoms with Gasteiger partial charge in [0.1, 0.15) is 5.82 Å². The molecule has 7 nitrogen and oxygen atoms in total. The van der Waals surface area contributed by atoms with Gasteiger partial charge in [0.15, 0.2) is 5.65 Å². The first-order valence-corrected chi connectivity index (χ1v) is 8.84. The Hall–Kier alpha value is -4.07. The van der Waals surface area contributed by atoms with E-state index >= 15 is 0 Å². The number of carbonyl (C=O) groups is 1. The number of fused-ring (bicyclic) bond motifs is 1. The highest BCUT2D eigenvalue weighted by Gasteiger charge is 2.08.